The van der Waals surface area contributed by atoms with Crippen molar-refractivity contribution in [3.8, 4) is 11.4 Å². The fourth-order valence-corrected chi connectivity index (χ4v) is 3.94. The summed E-state index contributed by atoms with van der Waals surface area (Å²) in [4.78, 5) is 8.72. The summed E-state index contributed by atoms with van der Waals surface area (Å²) >= 11 is 0. The van der Waals surface area contributed by atoms with Crippen LogP contribution in [0.15, 0.2) is 42.6 Å². The van der Waals surface area contributed by atoms with Gasteiger partial charge < -0.3 is 10.8 Å². The molecule has 0 radical (unpaired) electrons. The molecule has 3 aromatic heterocycles. The van der Waals surface area contributed by atoms with Crippen molar-refractivity contribution in [3.63, 3.8) is 0 Å². The highest BCUT2D eigenvalue weighted by molar-refractivity contribution is 5.93. The molecule has 1 saturated carbocycles. The van der Waals surface area contributed by atoms with E-state index >= 15 is 0 Å². The van der Waals surface area contributed by atoms with E-state index in [1.807, 2.05) is 31.2 Å². The maximum atomic E-state index is 10.6. The van der Waals surface area contributed by atoms with Gasteiger partial charge in [-0.3, -0.25) is 5.21 Å². The van der Waals surface area contributed by atoms with Gasteiger partial charge in [-0.2, -0.15) is 0 Å². The fraction of sp³-hybridized carbons (Fsp3) is 0.286. The number of hydrogen-bond donors (Lipinski definition) is 3. The SMILES string of the molecule is Cc1cccc2c(-c3cn(Cc4cccc(C5(O)CCC5)[n+]4O)nn3)nc(N)nc12. The smallest absolute Gasteiger partial charge is 0.265 e. The molecule has 9 heteroatoms. The number of nitrogens with zero attached hydrogens (tertiary/aromatic N) is 6. The van der Waals surface area contributed by atoms with Crippen LogP contribution in [0.4, 0.5) is 5.95 Å². The van der Waals surface area contributed by atoms with Gasteiger partial charge in [0.1, 0.15) is 17.9 Å². The van der Waals surface area contributed by atoms with Crippen molar-refractivity contribution in [1.29, 1.82) is 0 Å². The summed E-state index contributed by atoms with van der Waals surface area (Å²) in [7, 11) is 0. The van der Waals surface area contributed by atoms with Crippen molar-refractivity contribution in [2.24, 2.45) is 0 Å². The van der Waals surface area contributed by atoms with E-state index in [-0.39, 0.29) is 12.5 Å². The highest BCUT2D eigenvalue weighted by Gasteiger charge is 2.44. The molecule has 4 N–H and O–H groups in total. The largest absolute Gasteiger partial charge is 0.379 e. The predicted molar refractivity (Wildman–Crippen MR) is 108 cm³/mol. The number of aryl methyl sites for hydroxylation is 1. The van der Waals surface area contributed by atoms with Crippen LogP contribution in [0.2, 0.25) is 0 Å². The Bertz CT molecular complexity index is 1260. The van der Waals surface area contributed by atoms with Gasteiger partial charge in [0, 0.05) is 22.2 Å². The van der Waals surface area contributed by atoms with E-state index in [1.54, 1.807) is 23.0 Å². The van der Waals surface area contributed by atoms with Crippen molar-refractivity contribution in [2.75, 3.05) is 5.73 Å². The summed E-state index contributed by atoms with van der Waals surface area (Å²) in [6, 6.07) is 11.2. The molecular formula is C21H22N7O2+. The second kappa shape index (κ2) is 6.74. The quantitative estimate of drug-likeness (QED) is 0.349. The lowest BCUT2D eigenvalue weighted by molar-refractivity contribution is -0.918. The summed E-state index contributed by atoms with van der Waals surface area (Å²) in [5, 5.41) is 30.6. The lowest BCUT2D eigenvalue weighted by Crippen LogP contribution is -2.50. The molecule has 0 atom stereocenters. The standard InChI is InChI=1S/C21H22N7O2/c1-13-5-2-7-15-18(13)23-20(22)24-19(15)16-12-27(26-25-16)11-14-6-3-8-17(28(14)30)21(29)9-4-10-21/h2-3,5-8,12,29-30H,4,9-11H2,1H3,(H2,22,23,24)/q+1. The summed E-state index contributed by atoms with van der Waals surface area (Å²) in [5.41, 5.74) is 9.01. The number of para-hydroxylation sites is 1. The highest BCUT2D eigenvalue weighted by Crippen LogP contribution is 2.39. The Hall–Kier alpha value is -3.59. The zero-order valence-electron chi connectivity index (χ0n) is 16.5. The number of benzene rings is 1. The number of nitrogens with two attached hydrogens (primary N) is 1. The van der Waals surface area contributed by atoms with Crippen molar-refractivity contribution >= 4 is 16.9 Å². The van der Waals surface area contributed by atoms with Gasteiger partial charge >= 0.3 is 0 Å². The van der Waals surface area contributed by atoms with E-state index in [0.29, 0.717) is 35.6 Å². The van der Waals surface area contributed by atoms with E-state index in [9.17, 15) is 10.3 Å². The molecule has 1 fully saturated rings. The monoisotopic (exact) mass is 404 g/mol. The normalized spacial score (nSPS) is 15.3. The fourth-order valence-electron chi connectivity index (χ4n) is 3.94. The molecule has 0 saturated heterocycles. The second-order valence-corrected chi connectivity index (χ2v) is 7.80. The van der Waals surface area contributed by atoms with Crippen LogP contribution in [-0.2, 0) is 12.1 Å². The lowest BCUT2D eigenvalue weighted by Gasteiger charge is -2.32. The third kappa shape index (κ3) is 2.94. The molecule has 0 spiro atoms. The summed E-state index contributed by atoms with van der Waals surface area (Å²) in [6.45, 7) is 2.25. The van der Waals surface area contributed by atoms with E-state index < -0.39 is 5.60 Å². The number of aromatic nitrogens is 6. The zero-order valence-corrected chi connectivity index (χ0v) is 16.5. The van der Waals surface area contributed by atoms with E-state index in [4.69, 9.17) is 5.73 Å². The van der Waals surface area contributed by atoms with Gasteiger partial charge in [-0.25, -0.2) is 14.6 Å². The summed E-state index contributed by atoms with van der Waals surface area (Å²) < 4.78 is 2.67. The Kier molecular flexibility index (Phi) is 4.14. The Morgan fingerprint density at radius 2 is 1.97 bits per heavy atom. The number of aliphatic hydroxyl groups is 1. The maximum Gasteiger partial charge on any atom is 0.265 e. The maximum absolute atomic E-state index is 10.6. The van der Waals surface area contributed by atoms with Crippen molar-refractivity contribution < 1.29 is 15.0 Å². The second-order valence-electron chi connectivity index (χ2n) is 7.80. The Labute approximate surface area is 172 Å². The first-order chi connectivity index (χ1) is 14.4. The molecule has 30 heavy (non-hydrogen) atoms. The number of pyridine rings is 1. The molecule has 0 bridgehead atoms. The van der Waals surface area contributed by atoms with Gasteiger partial charge in [0.15, 0.2) is 5.60 Å². The van der Waals surface area contributed by atoms with Crippen LogP contribution in [0, 0.1) is 6.92 Å². The van der Waals surface area contributed by atoms with Crippen molar-refractivity contribution in [3.05, 3.63) is 59.5 Å². The van der Waals surface area contributed by atoms with Gasteiger partial charge in [0.2, 0.25) is 5.95 Å². The van der Waals surface area contributed by atoms with E-state index in [2.05, 4.69) is 20.3 Å². The van der Waals surface area contributed by atoms with E-state index in [1.165, 1.54) is 0 Å². The molecule has 1 aliphatic rings. The van der Waals surface area contributed by atoms with Gasteiger partial charge in [-0.15, -0.1) is 5.10 Å². The number of hydrogen-bond acceptors (Lipinski definition) is 7. The molecule has 1 aliphatic carbocycles. The molecule has 0 amide bonds. The molecule has 152 valence electrons. The van der Waals surface area contributed by atoms with Crippen LogP contribution in [0.1, 0.15) is 36.2 Å². The van der Waals surface area contributed by atoms with Crippen LogP contribution < -0.4 is 10.5 Å². The molecule has 4 aromatic rings. The summed E-state index contributed by atoms with van der Waals surface area (Å²) in [6.07, 6.45) is 4.00. The minimum atomic E-state index is -0.965. The molecule has 9 nitrogen and oxygen atoms in total. The lowest BCUT2D eigenvalue weighted by atomic mass is 9.77. The Balaban J connectivity index is 1.50. The average Bonchev–Trinajstić information content (AvgIpc) is 3.16. The van der Waals surface area contributed by atoms with Crippen LogP contribution in [0.3, 0.4) is 0 Å². The molecular weight excluding hydrogens is 382 g/mol. The first-order valence-electron chi connectivity index (χ1n) is 9.84. The Morgan fingerprint density at radius 1 is 1.17 bits per heavy atom. The van der Waals surface area contributed by atoms with Crippen LogP contribution in [-0.4, -0.2) is 35.3 Å². The number of rotatable bonds is 4. The molecule has 0 unspecified atom stereocenters. The van der Waals surface area contributed by atoms with Crippen molar-refractivity contribution in [2.45, 2.75) is 38.3 Å². The topological polar surface area (TPSA) is 127 Å². The molecule has 1 aromatic carbocycles. The number of nitrogen functional groups attached to an aromatic ring is 1. The summed E-state index contributed by atoms with van der Waals surface area (Å²) in [5.74, 6) is 0.177. The molecule has 0 aliphatic heterocycles. The first kappa shape index (κ1) is 18.4. The first-order valence-corrected chi connectivity index (χ1v) is 9.84. The van der Waals surface area contributed by atoms with Crippen LogP contribution in [0.25, 0.3) is 22.3 Å². The Morgan fingerprint density at radius 3 is 2.73 bits per heavy atom. The average molecular weight is 404 g/mol. The van der Waals surface area contributed by atoms with Crippen LogP contribution >= 0.6 is 0 Å². The number of fused-ring (bicyclic) bond motifs is 1. The van der Waals surface area contributed by atoms with Gasteiger partial charge in [-0.1, -0.05) is 23.4 Å². The van der Waals surface area contributed by atoms with Crippen LogP contribution in [0.5, 0.6) is 0 Å². The van der Waals surface area contributed by atoms with Gasteiger partial charge in [0.25, 0.3) is 11.4 Å². The molecule has 5 rings (SSSR count). The predicted octanol–water partition coefficient (Wildman–Crippen LogP) is 1.72. The van der Waals surface area contributed by atoms with Crippen molar-refractivity contribution in [1.82, 2.24) is 25.0 Å². The minimum absolute atomic E-state index is 0.177. The molecule has 3 heterocycles. The zero-order chi connectivity index (χ0) is 20.9. The highest BCUT2D eigenvalue weighted by atomic mass is 16.5. The van der Waals surface area contributed by atoms with Gasteiger partial charge in [-0.05, 0) is 37.8 Å². The number of anilines is 1. The van der Waals surface area contributed by atoms with E-state index in [0.717, 1.165) is 27.6 Å². The minimum Gasteiger partial charge on any atom is -0.379 e. The third-order valence-electron chi connectivity index (χ3n) is 5.75. The van der Waals surface area contributed by atoms with Gasteiger partial charge in [0.05, 0.1) is 11.7 Å². The third-order valence-corrected chi connectivity index (χ3v) is 5.75.